The molecule has 102 valence electrons. The second-order valence-electron chi connectivity index (χ2n) is 5.19. The predicted molar refractivity (Wildman–Crippen MR) is 75.5 cm³/mol. The fraction of sp³-hybridized carbons (Fsp3) is 0.333. The van der Waals surface area contributed by atoms with Gasteiger partial charge < -0.3 is 15.0 Å². The molecule has 0 fully saturated rings. The van der Waals surface area contributed by atoms with Crippen molar-refractivity contribution < 1.29 is 4.74 Å². The van der Waals surface area contributed by atoms with E-state index in [2.05, 4.69) is 39.5 Å². The number of benzene rings is 1. The van der Waals surface area contributed by atoms with Crippen LogP contribution in [0.1, 0.15) is 22.4 Å². The highest BCUT2D eigenvalue weighted by Crippen LogP contribution is 2.30. The molecule has 0 atom stereocenters. The third-order valence-electron chi connectivity index (χ3n) is 3.95. The largest absolute Gasteiger partial charge is 0.481 e. The molecule has 1 N–H and O–H groups in total. The van der Waals surface area contributed by atoms with Crippen molar-refractivity contribution in [1.29, 1.82) is 0 Å². The van der Waals surface area contributed by atoms with Gasteiger partial charge in [-0.25, -0.2) is 4.98 Å². The van der Waals surface area contributed by atoms with Crippen molar-refractivity contribution in [2.45, 2.75) is 26.2 Å². The fourth-order valence-corrected chi connectivity index (χ4v) is 2.91. The summed E-state index contributed by atoms with van der Waals surface area (Å²) in [6.07, 6.45) is 0. The molecule has 2 aliphatic rings. The standard InChI is InChI=1S/C15H16N4O/c1-20-14-12-6-16-7-13(12)17-15(18-14)19-8-10-4-2-3-5-11(10)9-19/h2-5,16H,6-9H2,1H3. The summed E-state index contributed by atoms with van der Waals surface area (Å²) in [6, 6.07) is 8.50. The van der Waals surface area contributed by atoms with Crippen LogP contribution < -0.4 is 15.0 Å². The monoisotopic (exact) mass is 268 g/mol. The van der Waals surface area contributed by atoms with Gasteiger partial charge in [0.25, 0.3) is 0 Å². The number of nitrogens with one attached hydrogen (secondary N) is 1. The number of aromatic nitrogens is 2. The van der Waals surface area contributed by atoms with Crippen LogP contribution in [0, 0.1) is 0 Å². The van der Waals surface area contributed by atoms with E-state index in [0.717, 1.165) is 43.4 Å². The zero-order valence-electron chi connectivity index (χ0n) is 11.4. The molecule has 5 nitrogen and oxygen atoms in total. The zero-order chi connectivity index (χ0) is 13.5. The molecule has 3 heterocycles. The van der Waals surface area contributed by atoms with E-state index in [4.69, 9.17) is 9.72 Å². The van der Waals surface area contributed by atoms with Crippen LogP contribution in [-0.2, 0) is 26.2 Å². The molecule has 2 aromatic rings. The summed E-state index contributed by atoms with van der Waals surface area (Å²) in [5.74, 6) is 1.46. The minimum absolute atomic E-state index is 0.700. The summed E-state index contributed by atoms with van der Waals surface area (Å²) < 4.78 is 5.42. The highest BCUT2D eigenvalue weighted by Gasteiger charge is 2.25. The van der Waals surface area contributed by atoms with E-state index < -0.39 is 0 Å². The zero-order valence-corrected chi connectivity index (χ0v) is 11.4. The van der Waals surface area contributed by atoms with Gasteiger partial charge in [-0.15, -0.1) is 0 Å². The van der Waals surface area contributed by atoms with E-state index in [1.165, 1.54) is 11.1 Å². The first kappa shape index (κ1) is 11.7. The number of hydrogen-bond acceptors (Lipinski definition) is 5. The van der Waals surface area contributed by atoms with Crippen LogP contribution in [0.25, 0.3) is 0 Å². The van der Waals surface area contributed by atoms with E-state index >= 15 is 0 Å². The van der Waals surface area contributed by atoms with Crippen molar-refractivity contribution in [2.75, 3.05) is 12.0 Å². The Morgan fingerprint density at radius 1 is 1.10 bits per heavy atom. The average Bonchev–Trinajstić information content (AvgIpc) is 3.12. The van der Waals surface area contributed by atoms with Gasteiger partial charge in [0.2, 0.25) is 11.8 Å². The van der Waals surface area contributed by atoms with Crippen molar-refractivity contribution in [2.24, 2.45) is 0 Å². The second kappa shape index (κ2) is 4.45. The average molecular weight is 268 g/mol. The molecule has 0 radical (unpaired) electrons. The van der Waals surface area contributed by atoms with Gasteiger partial charge in [0.15, 0.2) is 0 Å². The lowest BCUT2D eigenvalue weighted by Gasteiger charge is -2.17. The first-order valence-electron chi connectivity index (χ1n) is 6.81. The molecule has 0 bridgehead atoms. The lowest BCUT2D eigenvalue weighted by Crippen LogP contribution is -2.19. The summed E-state index contributed by atoms with van der Waals surface area (Å²) in [5, 5.41) is 3.30. The lowest BCUT2D eigenvalue weighted by molar-refractivity contribution is 0.391. The maximum Gasteiger partial charge on any atom is 0.229 e. The van der Waals surface area contributed by atoms with E-state index in [9.17, 15) is 0 Å². The van der Waals surface area contributed by atoms with Crippen molar-refractivity contribution >= 4 is 5.95 Å². The Labute approximate surface area is 117 Å². The van der Waals surface area contributed by atoms with E-state index in [0.29, 0.717) is 5.88 Å². The Hall–Kier alpha value is -2.14. The number of fused-ring (bicyclic) bond motifs is 2. The molecule has 4 rings (SSSR count). The Kier molecular flexibility index (Phi) is 2.60. The first-order chi connectivity index (χ1) is 9.85. The Balaban J connectivity index is 1.71. The molecule has 1 aromatic carbocycles. The molecule has 0 aliphatic carbocycles. The number of rotatable bonds is 2. The van der Waals surface area contributed by atoms with Crippen LogP contribution in [0.4, 0.5) is 5.95 Å². The summed E-state index contributed by atoms with van der Waals surface area (Å²) in [5.41, 5.74) is 4.86. The minimum atomic E-state index is 0.700. The summed E-state index contributed by atoms with van der Waals surface area (Å²) >= 11 is 0. The number of nitrogens with zero attached hydrogens (tertiary/aromatic N) is 3. The number of ether oxygens (including phenoxy) is 1. The van der Waals surface area contributed by atoms with Crippen molar-refractivity contribution in [3.8, 4) is 5.88 Å². The van der Waals surface area contributed by atoms with E-state index in [-0.39, 0.29) is 0 Å². The molecule has 0 spiro atoms. The summed E-state index contributed by atoms with van der Waals surface area (Å²) in [6.45, 7) is 3.32. The normalized spacial score (nSPS) is 16.1. The predicted octanol–water partition coefficient (Wildman–Crippen LogP) is 1.61. The van der Waals surface area contributed by atoms with Crippen LogP contribution in [-0.4, -0.2) is 17.1 Å². The van der Waals surface area contributed by atoms with E-state index in [1.807, 2.05) is 0 Å². The highest BCUT2D eigenvalue weighted by atomic mass is 16.5. The maximum atomic E-state index is 5.42. The van der Waals surface area contributed by atoms with Crippen LogP contribution in [0.15, 0.2) is 24.3 Å². The Bertz CT molecular complexity index is 646. The third kappa shape index (κ3) is 1.74. The molecule has 0 saturated heterocycles. The SMILES string of the molecule is COc1nc(N2Cc3ccccc3C2)nc2c1CNC2. The summed E-state index contributed by atoms with van der Waals surface area (Å²) in [7, 11) is 1.67. The molecule has 5 heteroatoms. The molecule has 0 amide bonds. The van der Waals surface area contributed by atoms with Crippen LogP contribution in [0.5, 0.6) is 5.88 Å². The van der Waals surface area contributed by atoms with Crippen LogP contribution in [0.3, 0.4) is 0 Å². The van der Waals surface area contributed by atoms with Gasteiger partial charge >= 0.3 is 0 Å². The number of anilines is 1. The van der Waals surface area contributed by atoms with Crippen molar-refractivity contribution in [1.82, 2.24) is 15.3 Å². The van der Waals surface area contributed by atoms with Gasteiger partial charge in [0.1, 0.15) is 0 Å². The maximum absolute atomic E-state index is 5.42. The first-order valence-corrected chi connectivity index (χ1v) is 6.81. The van der Waals surface area contributed by atoms with Gasteiger partial charge in [-0.05, 0) is 11.1 Å². The van der Waals surface area contributed by atoms with Gasteiger partial charge in [-0.2, -0.15) is 4.98 Å². The van der Waals surface area contributed by atoms with Gasteiger partial charge in [-0.3, -0.25) is 0 Å². The lowest BCUT2D eigenvalue weighted by atomic mass is 10.1. The van der Waals surface area contributed by atoms with Gasteiger partial charge in [0.05, 0.1) is 18.4 Å². The van der Waals surface area contributed by atoms with Crippen molar-refractivity contribution in [3.05, 3.63) is 46.6 Å². The molecule has 1 aromatic heterocycles. The topological polar surface area (TPSA) is 50.3 Å². The Morgan fingerprint density at radius 3 is 2.55 bits per heavy atom. The number of methoxy groups -OCH3 is 1. The quantitative estimate of drug-likeness (QED) is 0.896. The molecular formula is C15H16N4O. The van der Waals surface area contributed by atoms with E-state index in [1.54, 1.807) is 7.11 Å². The molecular weight excluding hydrogens is 252 g/mol. The summed E-state index contributed by atoms with van der Waals surface area (Å²) in [4.78, 5) is 11.5. The Morgan fingerprint density at radius 2 is 1.85 bits per heavy atom. The molecule has 2 aliphatic heterocycles. The van der Waals surface area contributed by atoms with Gasteiger partial charge in [0, 0.05) is 26.2 Å². The highest BCUT2D eigenvalue weighted by molar-refractivity contribution is 5.47. The molecule has 0 saturated carbocycles. The van der Waals surface area contributed by atoms with Crippen LogP contribution in [0.2, 0.25) is 0 Å². The van der Waals surface area contributed by atoms with Gasteiger partial charge in [-0.1, -0.05) is 24.3 Å². The van der Waals surface area contributed by atoms with Crippen LogP contribution >= 0.6 is 0 Å². The molecule has 20 heavy (non-hydrogen) atoms. The fourth-order valence-electron chi connectivity index (χ4n) is 2.91. The number of hydrogen-bond donors (Lipinski definition) is 1. The molecule has 0 unspecified atom stereocenters. The minimum Gasteiger partial charge on any atom is -0.481 e. The second-order valence-corrected chi connectivity index (χ2v) is 5.19. The third-order valence-corrected chi connectivity index (χ3v) is 3.95. The van der Waals surface area contributed by atoms with Crippen molar-refractivity contribution in [3.63, 3.8) is 0 Å². The smallest absolute Gasteiger partial charge is 0.229 e.